The monoisotopic (exact) mass is 447 g/mol. The Bertz CT molecular complexity index is 1300. The van der Waals surface area contributed by atoms with Crippen molar-refractivity contribution >= 4 is 46.0 Å². The highest BCUT2D eigenvalue weighted by molar-refractivity contribution is 8.00. The van der Waals surface area contributed by atoms with Crippen molar-refractivity contribution in [2.75, 3.05) is 11.1 Å². The van der Waals surface area contributed by atoms with E-state index in [2.05, 4.69) is 15.3 Å². The third kappa shape index (κ3) is 4.60. The molecule has 0 atom stereocenters. The fraction of sp³-hybridized carbons (Fsp3) is 0.0455. The van der Waals surface area contributed by atoms with Crippen LogP contribution in [0.1, 0.15) is 10.4 Å². The summed E-state index contributed by atoms with van der Waals surface area (Å²) >= 11 is 1.00. The lowest BCUT2D eigenvalue weighted by atomic mass is 10.2. The Hall–Kier alpha value is -4.18. The Morgan fingerprint density at radius 1 is 1.09 bits per heavy atom. The number of para-hydroxylation sites is 2. The number of nitrogens with two attached hydrogens (primary N) is 1. The average molecular weight is 447 g/mol. The molecule has 32 heavy (non-hydrogen) atoms. The zero-order chi connectivity index (χ0) is 22.7. The molecule has 2 amide bonds. The van der Waals surface area contributed by atoms with Crippen molar-refractivity contribution in [3.8, 4) is 11.4 Å². The molecule has 160 valence electrons. The second-order valence-electron chi connectivity index (χ2n) is 6.82. The molecule has 4 rings (SSSR count). The van der Waals surface area contributed by atoms with Crippen molar-refractivity contribution in [2.24, 2.45) is 5.73 Å². The highest BCUT2D eigenvalue weighted by atomic mass is 32.2. The topological polar surface area (TPSA) is 144 Å². The van der Waals surface area contributed by atoms with Crippen LogP contribution in [0.4, 0.5) is 11.4 Å². The summed E-state index contributed by atoms with van der Waals surface area (Å²) in [6.45, 7) is 0. The van der Waals surface area contributed by atoms with Gasteiger partial charge in [0.15, 0.2) is 0 Å². The minimum Gasteiger partial charge on any atom is -0.366 e. The van der Waals surface area contributed by atoms with E-state index in [1.54, 1.807) is 12.1 Å². The number of benzene rings is 3. The van der Waals surface area contributed by atoms with Crippen LogP contribution in [-0.4, -0.2) is 32.5 Å². The number of carbonyl (C=O) groups excluding carboxylic acids is 2. The van der Waals surface area contributed by atoms with Gasteiger partial charge >= 0.3 is 0 Å². The molecule has 1 heterocycles. The van der Waals surface area contributed by atoms with Gasteiger partial charge in [0, 0.05) is 22.9 Å². The molecular formula is C22H17N5O4S. The van der Waals surface area contributed by atoms with Crippen LogP contribution in [0, 0.1) is 10.1 Å². The zero-order valence-electron chi connectivity index (χ0n) is 16.6. The van der Waals surface area contributed by atoms with Crippen molar-refractivity contribution in [1.82, 2.24) is 9.97 Å². The summed E-state index contributed by atoms with van der Waals surface area (Å²) < 4.78 is 0. The lowest BCUT2D eigenvalue weighted by Crippen LogP contribution is -2.14. The first-order valence-electron chi connectivity index (χ1n) is 9.47. The van der Waals surface area contributed by atoms with Crippen LogP contribution < -0.4 is 11.1 Å². The Labute approximate surface area is 186 Å². The number of primary amides is 1. The molecule has 9 nitrogen and oxygen atoms in total. The normalized spacial score (nSPS) is 10.8. The number of aromatic amines is 1. The molecule has 0 saturated heterocycles. The zero-order valence-corrected chi connectivity index (χ0v) is 17.4. The molecule has 1 aromatic heterocycles. The molecule has 3 aromatic carbocycles. The number of nitro groups is 1. The molecule has 0 radical (unpaired) electrons. The molecular weight excluding hydrogens is 430 g/mol. The first-order valence-corrected chi connectivity index (χ1v) is 10.5. The van der Waals surface area contributed by atoms with Crippen LogP contribution in [0.2, 0.25) is 0 Å². The predicted molar refractivity (Wildman–Crippen MR) is 122 cm³/mol. The van der Waals surface area contributed by atoms with Gasteiger partial charge in [-0.3, -0.25) is 19.7 Å². The molecule has 0 bridgehead atoms. The van der Waals surface area contributed by atoms with Gasteiger partial charge in [0.25, 0.3) is 5.69 Å². The van der Waals surface area contributed by atoms with E-state index in [9.17, 15) is 19.7 Å². The fourth-order valence-electron chi connectivity index (χ4n) is 3.08. The molecule has 10 heteroatoms. The van der Waals surface area contributed by atoms with Crippen molar-refractivity contribution < 1.29 is 14.5 Å². The molecule has 0 spiro atoms. The third-order valence-corrected chi connectivity index (χ3v) is 5.69. The van der Waals surface area contributed by atoms with E-state index in [4.69, 9.17) is 5.73 Å². The summed E-state index contributed by atoms with van der Waals surface area (Å²) in [7, 11) is 0. The van der Waals surface area contributed by atoms with Crippen LogP contribution in [-0.2, 0) is 4.79 Å². The SMILES string of the molecule is NC(=O)c1ccc(SCC(=O)Nc2ccc(-c3nc4ccccc4[nH]3)cc2)c([N+](=O)[O-])c1. The number of hydrogen-bond acceptors (Lipinski definition) is 6. The molecule has 0 unspecified atom stereocenters. The molecule has 4 aromatic rings. The van der Waals surface area contributed by atoms with Gasteiger partial charge in [0.1, 0.15) is 5.82 Å². The number of nitrogens with one attached hydrogen (secondary N) is 2. The van der Waals surface area contributed by atoms with Crippen LogP contribution in [0.25, 0.3) is 22.4 Å². The van der Waals surface area contributed by atoms with Crippen molar-refractivity contribution in [1.29, 1.82) is 0 Å². The predicted octanol–water partition coefficient (Wildman–Crippen LogP) is 3.97. The van der Waals surface area contributed by atoms with Crippen LogP contribution in [0.5, 0.6) is 0 Å². The van der Waals surface area contributed by atoms with Gasteiger partial charge in [-0.15, -0.1) is 11.8 Å². The first-order chi connectivity index (χ1) is 15.4. The largest absolute Gasteiger partial charge is 0.366 e. The van der Waals surface area contributed by atoms with E-state index < -0.39 is 10.8 Å². The molecule has 0 aliphatic carbocycles. The third-order valence-electron chi connectivity index (χ3n) is 4.63. The smallest absolute Gasteiger partial charge is 0.283 e. The van der Waals surface area contributed by atoms with E-state index in [1.165, 1.54) is 12.1 Å². The Morgan fingerprint density at radius 3 is 2.53 bits per heavy atom. The minimum atomic E-state index is -0.756. The maximum absolute atomic E-state index is 12.3. The Kier molecular flexibility index (Phi) is 5.86. The molecule has 4 N–H and O–H groups in total. The Morgan fingerprint density at radius 2 is 1.84 bits per heavy atom. The van der Waals surface area contributed by atoms with Gasteiger partial charge < -0.3 is 16.0 Å². The Balaban J connectivity index is 1.40. The summed E-state index contributed by atoms with van der Waals surface area (Å²) in [6, 6.07) is 18.8. The molecule has 0 fully saturated rings. The van der Waals surface area contributed by atoms with E-state index in [0.29, 0.717) is 5.69 Å². The van der Waals surface area contributed by atoms with Gasteiger partial charge in [-0.05, 0) is 48.5 Å². The van der Waals surface area contributed by atoms with Crippen LogP contribution >= 0.6 is 11.8 Å². The summed E-state index contributed by atoms with van der Waals surface area (Å²) in [5.41, 5.74) is 8.21. The lowest BCUT2D eigenvalue weighted by molar-refractivity contribution is -0.387. The van der Waals surface area contributed by atoms with E-state index in [1.807, 2.05) is 36.4 Å². The quantitative estimate of drug-likeness (QED) is 0.222. The second-order valence-corrected chi connectivity index (χ2v) is 7.84. The summed E-state index contributed by atoms with van der Waals surface area (Å²) in [4.78, 5) is 42.3. The van der Waals surface area contributed by atoms with Crippen LogP contribution in [0.3, 0.4) is 0 Å². The van der Waals surface area contributed by atoms with Gasteiger partial charge in [-0.25, -0.2) is 4.98 Å². The van der Waals surface area contributed by atoms with Crippen molar-refractivity contribution in [2.45, 2.75) is 4.90 Å². The molecule has 0 saturated carbocycles. The number of fused-ring (bicyclic) bond motifs is 1. The minimum absolute atomic E-state index is 0.0371. The summed E-state index contributed by atoms with van der Waals surface area (Å²) in [5.74, 6) is -0.387. The van der Waals surface area contributed by atoms with Crippen molar-refractivity contribution in [3.05, 3.63) is 82.4 Å². The number of aromatic nitrogens is 2. The number of carbonyl (C=O) groups is 2. The number of anilines is 1. The number of imidazole rings is 1. The standard InChI is InChI=1S/C22H17N5O4S/c23-21(29)14-7-10-19(18(11-14)27(30)31)32-12-20(28)24-15-8-5-13(6-9-15)22-25-16-3-1-2-4-17(16)26-22/h1-11H,12H2,(H2,23,29)(H,24,28)(H,25,26). The van der Waals surface area contributed by atoms with Gasteiger partial charge in [-0.1, -0.05) is 12.1 Å². The maximum atomic E-state index is 12.3. The second kappa shape index (κ2) is 8.90. The lowest BCUT2D eigenvalue weighted by Gasteiger charge is -2.07. The van der Waals surface area contributed by atoms with E-state index in [-0.39, 0.29) is 27.8 Å². The van der Waals surface area contributed by atoms with Crippen molar-refractivity contribution in [3.63, 3.8) is 0 Å². The average Bonchev–Trinajstić information content (AvgIpc) is 3.22. The number of H-pyrrole nitrogens is 1. The highest BCUT2D eigenvalue weighted by Crippen LogP contribution is 2.30. The first kappa shape index (κ1) is 21.1. The molecule has 0 aliphatic heterocycles. The number of amides is 2. The number of rotatable bonds is 7. The maximum Gasteiger partial charge on any atom is 0.283 e. The van der Waals surface area contributed by atoms with Gasteiger partial charge in [0.05, 0.1) is 26.6 Å². The van der Waals surface area contributed by atoms with Gasteiger partial charge in [-0.2, -0.15) is 0 Å². The number of nitro benzene ring substituents is 1. The highest BCUT2D eigenvalue weighted by Gasteiger charge is 2.18. The molecule has 0 aliphatic rings. The van der Waals surface area contributed by atoms with E-state index in [0.717, 1.165) is 40.2 Å². The summed E-state index contributed by atoms with van der Waals surface area (Å²) in [5, 5.41) is 14.0. The number of hydrogen-bond donors (Lipinski definition) is 3. The van der Waals surface area contributed by atoms with E-state index >= 15 is 0 Å². The summed E-state index contributed by atoms with van der Waals surface area (Å²) in [6.07, 6.45) is 0. The van der Waals surface area contributed by atoms with Crippen LogP contribution in [0.15, 0.2) is 71.6 Å². The van der Waals surface area contributed by atoms with Gasteiger partial charge in [0.2, 0.25) is 11.8 Å². The fourth-order valence-corrected chi connectivity index (χ4v) is 3.88. The number of thioether (sulfide) groups is 1. The number of nitrogens with zero attached hydrogens (tertiary/aromatic N) is 2.